The largest absolute Gasteiger partial charge is 0.321 e. The summed E-state index contributed by atoms with van der Waals surface area (Å²) in [6, 6.07) is 10.4. The van der Waals surface area contributed by atoms with E-state index in [1.807, 2.05) is 12.1 Å². The molecule has 0 saturated carbocycles. The lowest BCUT2D eigenvalue weighted by atomic mass is 10.1. The van der Waals surface area contributed by atoms with Gasteiger partial charge in [0.05, 0.1) is 11.2 Å². The summed E-state index contributed by atoms with van der Waals surface area (Å²) in [5, 5.41) is 3.57. The Morgan fingerprint density at radius 1 is 1.27 bits per heavy atom. The number of fused-ring (bicyclic) bond motifs is 1. The van der Waals surface area contributed by atoms with E-state index in [0.29, 0.717) is 11.3 Å². The Morgan fingerprint density at radius 3 is 2.86 bits per heavy atom. The van der Waals surface area contributed by atoms with E-state index >= 15 is 0 Å². The second-order valence-corrected chi connectivity index (χ2v) is 5.23. The second-order valence-electron chi connectivity index (χ2n) is 4.82. The highest BCUT2D eigenvalue weighted by Gasteiger charge is 2.11. The number of hydrogen-bond donors (Lipinski definition) is 1. The number of hydrogen-bond acceptors (Lipinski definition) is 3. The summed E-state index contributed by atoms with van der Waals surface area (Å²) in [4.78, 5) is 28.3. The van der Waals surface area contributed by atoms with Crippen LogP contribution in [-0.4, -0.2) is 15.5 Å². The lowest BCUT2D eigenvalue weighted by Gasteiger charge is -2.09. The van der Waals surface area contributed by atoms with Gasteiger partial charge >= 0.3 is 0 Å². The van der Waals surface area contributed by atoms with Crippen LogP contribution in [0.15, 0.2) is 53.6 Å². The Kier molecular flexibility index (Phi) is 3.65. The van der Waals surface area contributed by atoms with E-state index < -0.39 is 0 Å². The van der Waals surface area contributed by atoms with Crippen LogP contribution in [0.25, 0.3) is 10.9 Å². The second kappa shape index (κ2) is 5.61. The van der Waals surface area contributed by atoms with Gasteiger partial charge in [0, 0.05) is 30.4 Å². The smallest absolute Gasteiger partial charge is 0.269 e. The van der Waals surface area contributed by atoms with Gasteiger partial charge in [0.15, 0.2) is 0 Å². The number of pyridine rings is 2. The molecule has 1 amide bonds. The van der Waals surface area contributed by atoms with Gasteiger partial charge in [-0.05, 0) is 24.3 Å². The number of halogens is 1. The number of carbonyl (C=O) groups is 1. The Morgan fingerprint density at radius 2 is 2.09 bits per heavy atom. The zero-order valence-electron chi connectivity index (χ0n) is 11.7. The molecule has 1 aromatic carbocycles. The quantitative estimate of drug-likeness (QED) is 0.791. The SMILES string of the molecule is Cn1cc(NC(=O)c2cccc3ncccc23)cc(Cl)c1=O. The van der Waals surface area contributed by atoms with Gasteiger partial charge in [0.1, 0.15) is 5.02 Å². The van der Waals surface area contributed by atoms with Crippen molar-refractivity contribution in [2.24, 2.45) is 7.05 Å². The molecule has 0 aliphatic heterocycles. The van der Waals surface area contributed by atoms with Crippen molar-refractivity contribution in [3.05, 3.63) is 69.7 Å². The van der Waals surface area contributed by atoms with Gasteiger partial charge in [-0.3, -0.25) is 14.6 Å². The van der Waals surface area contributed by atoms with Crippen LogP contribution >= 0.6 is 11.6 Å². The average molecular weight is 314 g/mol. The molecule has 0 unspecified atom stereocenters. The van der Waals surface area contributed by atoms with Crippen LogP contribution < -0.4 is 10.9 Å². The molecule has 0 atom stereocenters. The van der Waals surface area contributed by atoms with Crippen LogP contribution in [0, 0.1) is 0 Å². The Hall–Kier alpha value is -2.66. The van der Waals surface area contributed by atoms with Gasteiger partial charge in [-0.2, -0.15) is 0 Å². The molecule has 0 bridgehead atoms. The summed E-state index contributed by atoms with van der Waals surface area (Å²) >= 11 is 5.85. The minimum absolute atomic E-state index is 0.0555. The molecule has 0 spiro atoms. The maximum absolute atomic E-state index is 12.5. The molecule has 0 aliphatic rings. The number of aromatic nitrogens is 2. The highest BCUT2D eigenvalue weighted by molar-refractivity contribution is 6.30. The predicted molar refractivity (Wildman–Crippen MR) is 86.4 cm³/mol. The number of nitrogens with zero attached hydrogens (tertiary/aromatic N) is 2. The van der Waals surface area contributed by atoms with Crippen molar-refractivity contribution in [3.8, 4) is 0 Å². The molecule has 2 heterocycles. The van der Waals surface area contributed by atoms with Crippen LogP contribution in [0.1, 0.15) is 10.4 Å². The lowest BCUT2D eigenvalue weighted by Crippen LogP contribution is -2.19. The van der Waals surface area contributed by atoms with Crippen molar-refractivity contribution in [2.75, 3.05) is 5.32 Å². The standard InChI is InChI=1S/C16H12ClN3O2/c1-20-9-10(8-13(17)16(20)22)19-15(21)12-4-2-6-14-11(12)5-3-7-18-14/h2-9H,1H3,(H,19,21). The molecular formula is C16H12ClN3O2. The number of aryl methyl sites for hydroxylation is 1. The first-order chi connectivity index (χ1) is 10.6. The topological polar surface area (TPSA) is 64.0 Å². The third-order valence-corrected chi connectivity index (χ3v) is 3.56. The number of anilines is 1. The van der Waals surface area contributed by atoms with Crippen LogP contribution in [0.2, 0.25) is 5.02 Å². The molecule has 110 valence electrons. The predicted octanol–water partition coefficient (Wildman–Crippen LogP) is 2.84. The highest BCUT2D eigenvalue weighted by atomic mass is 35.5. The molecule has 0 saturated heterocycles. The number of nitrogens with one attached hydrogen (secondary N) is 1. The third kappa shape index (κ3) is 2.58. The van der Waals surface area contributed by atoms with Crippen molar-refractivity contribution in [3.63, 3.8) is 0 Å². The maximum Gasteiger partial charge on any atom is 0.269 e. The molecule has 3 rings (SSSR count). The molecule has 5 nitrogen and oxygen atoms in total. The van der Waals surface area contributed by atoms with E-state index in [1.165, 1.54) is 16.8 Å². The van der Waals surface area contributed by atoms with Crippen LogP contribution in [0.5, 0.6) is 0 Å². The van der Waals surface area contributed by atoms with Crippen molar-refractivity contribution in [1.82, 2.24) is 9.55 Å². The van der Waals surface area contributed by atoms with E-state index in [0.717, 1.165) is 10.9 Å². The summed E-state index contributed by atoms with van der Waals surface area (Å²) in [7, 11) is 1.58. The Bertz CT molecular complexity index is 903. The zero-order chi connectivity index (χ0) is 15.7. The van der Waals surface area contributed by atoms with Crippen molar-refractivity contribution in [1.29, 1.82) is 0 Å². The first-order valence-electron chi connectivity index (χ1n) is 6.57. The molecule has 3 aromatic rings. The molecule has 0 fully saturated rings. The lowest BCUT2D eigenvalue weighted by molar-refractivity contribution is 0.102. The van der Waals surface area contributed by atoms with Crippen molar-refractivity contribution < 1.29 is 4.79 Å². The summed E-state index contributed by atoms with van der Waals surface area (Å²) in [6.45, 7) is 0. The van der Waals surface area contributed by atoms with E-state index in [1.54, 1.807) is 31.4 Å². The minimum Gasteiger partial charge on any atom is -0.321 e. The fourth-order valence-electron chi connectivity index (χ4n) is 2.24. The van der Waals surface area contributed by atoms with E-state index in [2.05, 4.69) is 10.3 Å². The minimum atomic E-state index is -0.311. The third-order valence-electron chi connectivity index (χ3n) is 3.29. The van der Waals surface area contributed by atoms with Gasteiger partial charge in [-0.25, -0.2) is 0 Å². The van der Waals surface area contributed by atoms with E-state index in [4.69, 9.17) is 11.6 Å². The van der Waals surface area contributed by atoms with E-state index in [-0.39, 0.29) is 16.5 Å². The fourth-order valence-corrected chi connectivity index (χ4v) is 2.49. The maximum atomic E-state index is 12.5. The molecule has 2 aromatic heterocycles. The Labute approximate surface area is 131 Å². The monoisotopic (exact) mass is 313 g/mol. The average Bonchev–Trinajstić information content (AvgIpc) is 2.52. The van der Waals surface area contributed by atoms with Gasteiger partial charge < -0.3 is 9.88 Å². The highest BCUT2D eigenvalue weighted by Crippen LogP contribution is 2.18. The molecule has 6 heteroatoms. The number of amides is 1. The molecule has 1 N–H and O–H groups in total. The van der Waals surface area contributed by atoms with Gasteiger partial charge in [-0.1, -0.05) is 23.7 Å². The summed E-state index contributed by atoms with van der Waals surface area (Å²) in [6.07, 6.45) is 3.20. The van der Waals surface area contributed by atoms with Gasteiger partial charge in [0.2, 0.25) is 0 Å². The number of carbonyl (C=O) groups excluding carboxylic acids is 1. The normalized spacial score (nSPS) is 10.6. The van der Waals surface area contributed by atoms with Gasteiger partial charge in [-0.15, -0.1) is 0 Å². The first kappa shape index (κ1) is 14.3. The molecule has 0 aliphatic carbocycles. The summed E-state index contributed by atoms with van der Waals surface area (Å²) in [5.74, 6) is -0.284. The molecular weight excluding hydrogens is 302 g/mol. The number of benzene rings is 1. The van der Waals surface area contributed by atoms with Gasteiger partial charge in [0.25, 0.3) is 11.5 Å². The number of rotatable bonds is 2. The Balaban J connectivity index is 1.99. The van der Waals surface area contributed by atoms with E-state index in [9.17, 15) is 9.59 Å². The van der Waals surface area contributed by atoms with Crippen LogP contribution in [0.3, 0.4) is 0 Å². The fraction of sp³-hybridized carbons (Fsp3) is 0.0625. The van der Waals surface area contributed by atoms with Crippen LogP contribution in [0.4, 0.5) is 5.69 Å². The van der Waals surface area contributed by atoms with Crippen molar-refractivity contribution in [2.45, 2.75) is 0 Å². The van der Waals surface area contributed by atoms with Crippen molar-refractivity contribution >= 4 is 34.1 Å². The summed E-state index contributed by atoms with van der Waals surface area (Å²) in [5.41, 5.74) is 1.40. The van der Waals surface area contributed by atoms with Crippen LogP contribution in [-0.2, 0) is 7.05 Å². The summed E-state index contributed by atoms with van der Waals surface area (Å²) < 4.78 is 1.32. The zero-order valence-corrected chi connectivity index (χ0v) is 12.5. The molecule has 22 heavy (non-hydrogen) atoms. The first-order valence-corrected chi connectivity index (χ1v) is 6.95. The molecule has 0 radical (unpaired) electrons.